The Labute approximate surface area is 192 Å². The van der Waals surface area contributed by atoms with Crippen LogP contribution in [0.4, 0.5) is 5.69 Å². The summed E-state index contributed by atoms with van der Waals surface area (Å²) in [6.07, 6.45) is 6.53. The minimum absolute atomic E-state index is 0.0896. The number of hydrogen-bond donors (Lipinski definition) is 0. The van der Waals surface area contributed by atoms with E-state index in [0.717, 1.165) is 29.0 Å². The monoisotopic (exact) mass is 453 g/mol. The Morgan fingerprint density at radius 2 is 1.69 bits per heavy atom. The molecule has 1 aromatic heterocycles. The van der Waals surface area contributed by atoms with Gasteiger partial charge in [0, 0.05) is 19.0 Å². The second kappa shape index (κ2) is 8.54. The van der Waals surface area contributed by atoms with Gasteiger partial charge in [0.25, 0.3) is 10.0 Å². The highest BCUT2D eigenvalue weighted by molar-refractivity contribution is 7.92. The normalized spacial score (nSPS) is 15.9. The number of rotatable bonds is 5. The predicted molar refractivity (Wildman–Crippen MR) is 132 cm³/mol. The van der Waals surface area contributed by atoms with Crippen LogP contribution in [0.2, 0.25) is 0 Å². The SMILES string of the molecule is Cc1ccc(S(=O)(=O)N(C)c2ccc3c(c2)nc(C(C)(C)C)n3CC2CCCCC2)cc1. The van der Waals surface area contributed by atoms with Gasteiger partial charge < -0.3 is 4.57 Å². The molecular formula is C26H35N3O2S. The molecule has 1 heterocycles. The summed E-state index contributed by atoms with van der Waals surface area (Å²) in [5.41, 5.74) is 3.51. The summed E-state index contributed by atoms with van der Waals surface area (Å²) >= 11 is 0. The molecule has 0 N–H and O–H groups in total. The summed E-state index contributed by atoms with van der Waals surface area (Å²) in [5, 5.41) is 0. The second-order valence-electron chi connectivity index (χ2n) is 10.3. The van der Waals surface area contributed by atoms with Gasteiger partial charge in [0.2, 0.25) is 0 Å². The Balaban J connectivity index is 1.73. The molecule has 1 aliphatic carbocycles. The third kappa shape index (κ3) is 4.42. The molecule has 4 rings (SSSR count). The van der Waals surface area contributed by atoms with E-state index in [-0.39, 0.29) is 5.41 Å². The molecule has 2 aromatic carbocycles. The van der Waals surface area contributed by atoms with E-state index in [0.29, 0.717) is 16.5 Å². The molecule has 0 bridgehead atoms. The van der Waals surface area contributed by atoms with Crippen molar-refractivity contribution in [2.45, 2.75) is 76.7 Å². The number of sulfonamides is 1. The van der Waals surface area contributed by atoms with Gasteiger partial charge in [0.15, 0.2) is 0 Å². The lowest BCUT2D eigenvalue weighted by atomic mass is 9.88. The standard InChI is InChI=1S/C26H35N3O2S/c1-19-11-14-22(15-12-19)32(30,31)28(5)21-13-16-24-23(17-21)27-25(26(2,3)4)29(24)18-20-9-7-6-8-10-20/h11-17,20H,6-10,18H2,1-5H3. The van der Waals surface area contributed by atoms with Crippen LogP contribution in [0.15, 0.2) is 47.4 Å². The fourth-order valence-corrected chi connectivity index (χ4v) is 5.89. The molecule has 0 radical (unpaired) electrons. The van der Waals surface area contributed by atoms with Crippen LogP contribution in [0.25, 0.3) is 11.0 Å². The summed E-state index contributed by atoms with van der Waals surface area (Å²) in [6, 6.07) is 12.8. The van der Waals surface area contributed by atoms with Gasteiger partial charge in [-0.2, -0.15) is 0 Å². The van der Waals surface area contributed by atoms with Gasteiger partial charge in [0.1, 0.15) is 5.82 Å². The number of imidazole rings is 1. The summed E-state index contributed by atoms with van der Waals surface area (Å²) in [7, 11) is -2.02. The zero-order valence-corrected chi connectivity index (χ0v) is 20.7. The average Bonchev–Trinajstić information content (AvgIpc) is 3.12. The van der Waals surface area contributed by atoms with Crippen molar-refractivity contribution in [3.63, 3.8) is 0 Å². The van der Waals surface area contributed by atoms with Gasteiger partial charge in [-0.1, -0.05) is 57.7 Å². The molecule has 1 aliphatic rings. The van der Waals surface area contributed by atoms with E-state index in [9.17, 15) is 8.42 Å². The van der Waals surface area contributed by atoms with Gasteiger partial charge in [-0.25, -0.2) is 13.4 Å². The lowest BCUT2D eigenvalue weighted by Crippen LogP contribution is -2.26. The first kappa shape index (κ1) is 22.8. The molecule has 0 unspecified atom stereocenters. The van der Waals surface area contributed by atoms with Crippen LogP contribution in [0.3, 0.4) is 0 Å². The number of anilines is 1. The van der Waals surface area contributed by atoms with Gasteiger partial charge in [-0.15, -0.1) is 0 Å². The smallest absolute Gasteiger partial charge is 0.264 e. The molecule has 0 aliphatic heterocycles. The molecule has 3 aromatic rings. The maximum Gasteiger partial charge on any atom is 0.264 e. The van der Waals surface area contributed by atoms with E-state index in [4.69, 9.17) is 4.98 Å². The molecule has 172 valence electrons. The van der Waals surface area contributed by atoms with Crippen LogP contribution < -0.4 is 4.31 Å². The first-order valence-electron chi connectivity index (χ1n) is 11.6. The number of hydrogen-bond acceptors (Lipinski definition) is 3. The largest absolute Gasteiger partial charge is 0.327 e. The highest BCUT2D eigenvalue weighted by atomic mass is 32.2. The first-order chi connectivity index (χ1) is 15.1. The Hall–Kier alpha value is -2.34. The van der Waals surface area contributed by atoms with Crippen LogP contribution in [-0.2, 0) is 22.0 Å². The van der Waals surface area contributed by atoms with E-state index < -0.39 is 10.0 Å². The van der Waals surface area contributed by atoms with Crippen molar-refractivity contribution >= 4 is 26.7 Å². The number of nitrogens with zero attached hydrogens (tertiary/aromatic N) is 3. The van der Waals surface area contributed by atoms with E-state index >= 15 is 0 Å². The zero-order chi connectivity index (χ0) is 23.1. The molecule has 0 atom stereocenters. The molecule has 0 saturated heterocycles. The molecule has 5 nitrogen and oxygen atoms in total. The van der Waals surface area contributed by atoms with Crippen molar-refractivity contribution in [3.05, 3.63) is 53.9 Å². The van der Waals surface area contributed by atoms with E-state index in [1.165, 1.54) is 36.4 Å². The number of aryl methyl sites for hydroxylation is 1. The molecule has 1 saturated carbocycles. The summed E-state index contributed by atoms with van der Waals surface area (Å²) in [5.74, 6) is 1.76. The minimum atomic E-state index is -3.63. The highest BCUT2D eigenvalue weighted by Crippen LogP contribution is 2.33. The summed E-state index contributed by atoms with van der Waals surface area (Å²) in [6.45, 7) is 9.52. The second-order valence-corrected chi connectivity index (χ2v) is 12.2. The van der Waals surface area contributed by atoms with E-state index in [1.807, 2.05) is 37.3 Å². The number of fused-ring (bicyclic) bond motifs is 1. The third-order valence-electron chi connectivity index (χ3n) is 6.61. The van der Waals surface area contributed by atoms with Crippen LogP contribution in [0.1, 0.15) is 64.3 Å². The Morgan fingerprint density at radius 1 is 1.03 bits per heavy atom. The maximum atomic E-state index is 13.2. The van der Waals surface area contributed by atoms with Crippen molar-refractivity contribution in [3.8, 4) is 0 Å². The zero-order valence-electron chi connectivity index (χ0n) is 19.9. The molecule has 1 fully saturated rings. The third-order valence-corrected chi connectivity index (χ3v) is 8.41. The number of benzene rings is 2. The Bertz CT molecular complexity index is 1200. The minimum Gasteiger partial charge on any atom is -0.327 e. The Kier molecular flexibility index (Phi) is 6.10. The molecular weight excluding hydrogens is 418 g/mol. The van der Waals surface area contributed by atoms with Crippen LogP contribution in [0.5, 0.6) is 0 Å². The van der Waals surface area contributed by atoms with Gasteiger partial charge >= 0.3 is 0 Å². The van der Waals surface area contributed by atoms with Crippen LogP contribution >= 0.6 is 0 Å². The van der Waals surface area contributed by atoms with E-state index in [1.54, 1.807) is 19.2 Å². The van der Waals surface area contributed by atoms with E-state index in [2.05, 4.69) is 25.3 Å². The van der Waals surface area contributed by atoms with Crippen LogP contribution in [-0.4, -0.2) is 25.0 Å². The molecule has 6 heteroatoms. The fraction of sp³-hybridized carbons (Fsp3) is 0.500. The molecule has 32 heavy (non-hydrogen) atoms. The van der Waals surface area contributed by atoms with Crippen molar-refractivity contribution in [1.82, 2.24) is 9.55 Å². The lowest BCUT2D eigenvalue weighted by Gasteiger charge is -2.26. The Morgan fingerprint density at radius 3 is 2.31 bits per heavy atom. The topological polar surface area (TPSA) is 55.2 Å². The summed E-state index contributed by atoms with van der Waals surface area (Å²) < 4.78 is 30.1. The average molecular weight is 454 g/mol. The van der Waals surface area contributed by atoms with Crippen LogP contribution in [0, 0.1) is 12.8 Å². The van der Waals surface area contributed by atoms with Gasteiger partial charge in [-0.3, -0.25) is 4.31 Å². The quantitative estimate of drug-likeness (QED) is 0.473. The van der Waals surface area contributed by atoms with Gasteiger partial charge in [0.05, 0.1) is 21.6 Å². The summed E-state index contributed by atoms with van der Waals surface area (Å²) in [4.78, 5) is 5.30. The van der Waals surface area contributed by atoms with Gasteiger partial charge in [-0.05, 0) is 56.0 Å². The first-order valence-corrected chi connectivity index (χ1v) is 13.1. The van der Waals surface area contributed by atoms with Crippen molar-refractivity contribution in [2.24, 2.45) is 5.92 Å². The fourth-order valence-electron chi connectivity index (χ4n) is 4.71. The highest BCUT2D eigenvalue weighted by Gasteiger charge is 2.27. The predicted octanol–water partition coefficient (Wildman–Crippen LogP) is 6.05. The molecule has 0 spiro atoms. The van der Waals surface area contributed by atoms with Crippen molar-refractivity contribution in [2.75, 3.05) is 11.4 Å². The molecule has 0 amide bonds. The van der Waals surface area contributed by atoms with Crippen molar-refractivity contribution in [1.29, 1.82) is 0 Å². The number of aromatic nitrogens is 2. The maximum absolute atomic E-state index is 13.2. The van der Waals surface area contributed by atoms with Crippen molar-refractivity contribution < 1.29 is 8.42 Å². The lowest BCUT2D eigenvalue weighted by molar-refractivity contribution is 0.313.